The number of benzene rings is 1. The van der Waals surface area contributed by atoms with E-state index >= 15 is 0 Å². The van der Waals surface area contributed by atoms with Crippen LogP contribution in [0.5, 0.6) is 5.75 Å². The smallest absolute Gasteiger partial charge is 0.278 e. The number of rotatable bonds is 2. The normalized spacial score (nSPS) is 18.2. The van der Waals surface area contributed by atoms with Crippen LogP contribution in [0.25, 0.3) is 5.69 Å². The monoisotopic (exact) mass is 290 g/mol. The first-order valence-corrected chi connectivity index (χ1v) is 6.64. The molecule has 1 aliphatic rings. The molecule has 110 valence electrons. The van der Waals surface area contributed by atoms with Gasteiger partial charge in [-0.2, -0.15) is 5.10 Å². The number of carbonyl (C=O) groups is 1. The molecule has 2 aromatic rings. The molecule has 3 rings (SSSR count). The lowest BCUT2D eigenvalue weighted by molar-refractivity contribution is 0.0781. The van der Waals surface area contributed by atoms with Crippen LogP contribution in [0.15, 0.2) is 30.5 Å². The van der Waals surface area contributed by atoms with Gasteiger partial charge in [0.1, 0.15) is 5.82 Å². The van der Waals surface area contributed by atoms with Crippen LogP contribution in [0.1, 0.15) is 16.9 Å². The van der Waals surface area contributed by atoms with Crippen LogP contribution >= 0.6 is 0 Å². The second-order valence-corrected chi connectivity index (χ2v) is 5.08. The molecule has 0 saturated carbocycles. The topological polar surface area (TPSA) is 84.4 Å². The predicted octanol–water partition coefficient (Wildman–Crippen LogP) is 0.890. The minimum absolute atomic E-state index is 0.0200. The van der Waals surface area contributed by atoms with Gasteiger partial charge >= 0.3 is 0 Å². The van der Waals surface area contributed by atoms with E-state index in [1.807, 2.05) is 0 Å². The highest BCUT2D eigenvalue weighted by molar-refractivity contribution is 5.95. The molecule has 2 heterocycles. The van der Waals surface area contributed by atoms with Crippen LogP contribution in [0.2, 0.25) is 0 Å². The minimum atomic E-state index is -0.363. The fourth-order valence-corrected chi connectivity index (χ4v) is 2.36. The largest absolute Gasteiger partial charge is 0.504 e. The zero-order valence-corrected chi connectivity index (χ0v) is 11.2. The first-order chi connectivity index (χ1) is 10.0. The van der Waals surface area contributed by atoms with Gasteiger partial charge < -0.3 is 15.7 Å². The molecular formula is C14H15FN4O2. The summed E-state index contributed by atoms with van der Waals surface area (Å²) in [6.45, 7) is 1.02. The molecule has 7 heteroatoms. The maximum atomic E-state index is 12.9. The molecule has 1 atom stereocenters. The SMILES string of the molecule is NC1CCN(C(=O)c2nn(-c3ccc(F)cc3)cc2O)C1. The Kier molecular flexibility index (Phi) is 3.34. The minimum Gasteiger partial charge on any atom is -0.504 e. The van der Waals surface area contributed by atoms with Crippen molar-refractivity contribution in [2.24, 2.45) is 5.73 Å². The highest BCUT2D eigenvalue weighted by atomic mass is 19.1. The summed E-state index contributed by atoms with van der Waals surface area (Å²) in [4.78, 5) is 13.9. The number of halogens is 1. The van der Waals surface area contributed by atoms with Crippen LogP contribution < -0.4 is 5.73 Å². The molecule has 1 unspecified atom stereocenters. The fraction of sp³-hybridized carbons (Fsp3) is 0.286. The summed E-state index contributed by atoms with van der Waals surface area (Å²) in [7, 11) is 0. The summed E-state index contributed by atoms with van der Waals surface area (Å²) >= 11 is 0. The van der Waals surface area contributed by atoms with Crippen molar-refractivity contribution >= 4 is 5.91 Å². The van der Waals surface area contributed by atoms with Crippen LogP contribution in [0.3, 0.4) is 0 Å². The molecule has 0 spiro atoms. The van der Waals surface area contributed by atoms with Gasteiger partial charge in [-0.15, -0.1) is 0 Å². The highest BCUT2D eigenvalue weighted by Gasteiger charge is 2.28. The predicted molar refractivity (Wildman–Crippen MR) is 73.7 cm³/mol. The van der Waals surface area contributed by atoms with Gasteiger partial charge in [0.05, 0.1) is 11.9 Å². The Bertz CT molecular complexity index is 668. The summed E-state index contributed by atoms with van der Waals surface area (Å²) < 4.78 is 14.2. The van der Waals surface area contributed by atoms with Gasteiger partial charge in [-0.3, -0.25) is 4.79 Å². The Morgan fingerprint density at radius 2 is 2.10 bits per heavy atom. The van der Waals surface area contributed by atoms with Gasteiger partial charge in [-0.1, -0.05) is 0 Å². The Morgan fingerprint density at radius 3 is 2.71 bits per heavy atom. The Balaban J connectivity index is 1.87. The van der Waals surface area contributed by atoms with Gasteiger partial charge in [0.2, 0.25) is 0 Å². The van der Waals surface area contributed by atoms with Gasteiger partial charge in [0.25, 0.3) is 5.91 Å². The second-order valence-electron chi connectivity index (χ2n) is 5.08. The molecule has 6 nitrogen and oxygen atoms in total. The van der Waals surface area contributed by atoms with Crippen molar-refractivity contribution in [2.45, 2.75) is 12.5 Å². The molecule has 0 bridgehead atoms. The van der Waals surface area contributed by atoms with Gasteiger partial charge in [0.15, 0.2) is 11.4 Å². The van der Waals surface area contributed by atoms with E-state index in [9.17, 15) is 14.3 Å². The number of amides is 1. The van der Waals surface area contributed by atoms with E-state index in [-0.39, 0.29) is 29.2 Å². The van der Waals surface area contributed by atoms with E-state index in [4.69, 9.17) is 5.73 Å². The quantitative estimate of drug-likeness (QED) is 0.860. The van der Waals surface area contributed by atoms with E-state index < -0.39 is 0 Å². The van der Waals surface area contributed by atoms with Crippen LogP contribution in [-0.4, -0.2) is 44.8 Å². The van der Waals surface area contributed by atoms with Crippen LogP contribution in [0.4, 0.5) is 4.39 Å². The number of aromatic nitrogens is 2. The zero-order valence-electron chi connectivity index (χ0n) is 11.2. The lowest BCUT2D eigenvalue weighted by Gasteiger charge is -2.13. The first kappa shape index (κ1) is 13.6. The van der Waals surface area contributed by atoms with Crippen molar-refractivity contribution in [1.29, 1.82) is 0 Å². The van der Waals surface area contributed by atoms with Gasteiger partial charge in [-0.05, 0) is 30.7 Å². The number of aromatic hydroxyl groups is 1. The molecule has 3 N–H and O–H groups in total. The molecule has 1 fully saturated rings. The molecule has 1 aromatic heterocycles. The van der Waals surface area contributed by atoms with E-state index in [1.54, 1.807) is 4.90 Å². The van der Waals surface area contributed by atoms with Crippen molar-refractivity contribution < 1.29 is 14.3 Å². The molecule has 1 saturated heterocycles. The van der Waals surface area contributed by atoms with E-state index in [0.29, 0.717) is 18.8 Å². The summed E-state index contributed by atoms with van der Waals surface area (Å²) in [6.07, 6.45) is 2.07. The lowest BCUT2D eigenvalue weighted by atomic mass is 10.3. The van der Waals surface area contributed by atoms with Gasteiger partial charge in [0, 0.05) is 19.1 Å². The number of nitrogens with zero attached hydrogens (tertiary/aromatic N) is 3. The summed E-state index contributed by atoms with van der Waals surface area (Å²) in [6, 6.07) is 5.57. The highest BCUT2D eigenvalue weighted by Crippen LogP contribution is 2.21. The zero-order chi connectivity index (χ0) is 15.0. The molecule has 1 aliphatic heterocycles. The molecule has 21 heavy (non-hydrogen) atoms. The van der Waals surface area contributed by atoms with E-state index in [0.717, 1.165) is 6.42 Å². The third kappa shape index (κ3) is 2.59. The maximum Gasteiger partial charge on any atom is 0.278 e. The molecule has 1 amide bonds. The summed E-state index contributed by atoms with van der Waals surface area (Å²) in [5.74, 6) is -0.913. The molecule has 0 radical (unpaired) electrons. The van der Waals surface area contributed by atoms with E-state index in [1.165, 1.54) is 35.1 Å². The standard InChI is InChI=1S/C14H15FN4O2/c15-9-1-3-11(4-2-9)19-8-12(20)13(17-19)14(21)18-6-5-10(16)7-18/h1-4,8,10,20H,5-7,16H2. The van der Waals surface area contributed by atoms with Crippen molar-refractivity contribution in [1.82, 2.24) is 14.7 Å². The number of carbonyl (C=O) groups excluding carboxylic acids is 1. The third-order valence-electron chi connectivity index (χ3n) is 3.50. The summed E-state index contributed by atoms with van der Waals surface area (Å²) in [5, 5.41) is 14.0. The number of hydrogen-bond acceptors (Lipinski definition) is 4. The fourth-order valence-electron chi connectivity index (χ4n) is 2.36. The third-order valence-corrected chi connectivity index (χ3v) is 3.50. The number of nitrogens with two attached hydrogens (primary N) is 1. The van der Waals surface area contributed by atoms with Crippen molar-refractivity contribution in [3.63, 3.8) is 0 Å². The first-order valence-electron chi connectivity index (χ1n) is 6.64. The van der Waals surface area contributed by atoms with Crippen molar-refractivity contribution in [3.05, 3.63) is 42.0 Å². The second kappa shape index (κ2) is 5.17. The molecule has 1 aromatic carbocycles. The van der Waals surface area contributed by atoms with Gasteiger partial charge in [-0.25, -0.2) is 9.07 Å². The number of hydrogen-bond donors (Lipinski definition) is 2. The average molecular weight is 290 g/mol. The van der Waals surface area contributed by atoms with Crippen LogP contribution in [-0.2, 0) is 0 Å². The van der Waals surface area contributed by atoms with E-state index in [2.05, 4.69) is 5.10 Å². The molecule has 0 aliphatic carbocycles. The number of likely N-dealkylation sites (tertiary alicyclic amines) is 1. The average Bonchev–Trinajstić information content (AvgIpc) is 3.05. The lowest BCUT2D eigenvalue weighted by Crippen LogP contribution is -2.32. The summed E-state index contributed by atoms with van der Waals surface area (Å²) in [5.41, 5.74) is 6.31. The molecular weight excluding hydrogens is 275 g/mol. The van der Waals surface area contributed by atoms with Crippen molar-refractivity contribution in [2.75, 3.05) is 13.1 Å². The maximum absolute atomic E-state index is 12.9. The Morgan fingerprint density at radius 1 is 1.38 bits per heavy atom. The van der Waals surface area contributed by atoms with Crippen LogP contribution in [0, 0.1) is 5.82 Å². The van der Waals surface area contributed by atoms with Crippen molar-refractivity contribution in [3.8, 4) is 11.4 Å². The Labute approximate surface area is 120 Å². The Hall–Kier alpha value is -2.41.